The smallest absolute Gasteiger partial charge is 0.337 e. The van der Waals surface area contributed by atoms with Crippen molar-refractivity contribution in [3.05, 3.63) is 59.4 Å². The molecule has 20 heavy (non-hydrogen) atoms. The molecule has 0 saturated heterocycles. The van der Waals surface area contributed by atoms with E-state index >= 15 is 0 Å². The summed E-state index contributed by atoms with van der Waals surface area (Å²) >= 11 is 0. The highest BCUT2D eigenvalue weighted by Gasteiger charge is 2.04. The van der Waals surface area contributed by atoms with E-state index in [4.69, 9.17) is 0 Å². The molecule has 0 aliphatic heterocycles. The first-order valence-corrected chi connectivity index (χ1v) is 5.86. The Morgan fingerprint density at radius 3 is 2.60 bits per heavy atom. The second kappa shape index (κ2) is 6.33. The van der Waals surface area contributed by atoms with Gasteiger partial charge in [0.1, 0.15) is 5.69 Å². The fraction of sp³-hybridized carbons (Fsp3) is 0.0714. The number of H-pyrrole nitrogens is 1. The summed E-state index contributed by atoms with van der Waals surface area (Å²) in [5.74, 6) is -0.717. The molecule has 0 unspecified atom stereocenters. The monoisotopic (exact) mass is 271 g/mol. The first-order chi connectivity index (χ1) is 9.70. The molecule has 1 aromatic heterocycles. The lowest BCUT2D eigenvalue weighted by Crippen LogP contribution is -2.17. The van der Waals surface area contributed by atoms with Gasteiger partial charge in [-0.25, -0.2) is 10.2 Å². The van der Waals surface area contributed by atoms with E-state index in [2.05, 4.69) is 20.2 Å². The molecule has 2 aromatic rings. The molecule has 0 aliphatic carbocycles. The third-order valence-electron chi connectivity index (χ3n) is 2.55. The van der Waals surface area contributed by atoms with Crippen LogP contribution in [-0.2, 0) is 4.74 Å². The number of rotatable bonds is 4. The Hall–Kier alpha value is -2.89. The molecule has 0 fully saturated rings. The molecule has 1 amide bonds. The number of hydrazone groups is 1. The molecular weight excluding hydrogens is 258 g/mol. The Balaban J connectivity index is 1.95. The van der Waals surface area contributed by atoms with Gasteiger partial charge in [0.05, 0.1) is 18.9 Å². The summed E-state index contributed by atoms with van der Waals surface area (Å²) in [7, 11) is 1.33. The fourth-order valence-electron chi connectivity index (χ4n) is 1.52. The lowest BCUT2D eigenvalue weighted by molar-refractivity contribution is 0.0600. The van der Waals surface area contributed by atoms with E-state index in [1.165, 1.54) is 13.3 Å². The number of nitrogens with one attached hydrogen (secondary N) is 2. The highest BCUT2D eigenvalue weighted by Crippen LogP contribution is 2.03. The van der Waals surface area contributed by atoms with Gasteiger partial charge in [0.2, 0.25) is 0 Å². The molecule has 102 valence electrons. The van der Waals surface area contributed by atoms with Crippen molar-refractivity contribution >= 4 is 18.1 Å². The van der Waals surface area contributed by atoms with Crippen molar-refractivity contribution in [3.8, 4) is 0 Å². The molecule has 0 atom stereocenters. The number of methoxy groups -OCH3 is 1. The molecule has 6 nitrogen and oxygen atoms in total. The lowest BCUT2D eigenvalue weighted by atomic mass is 10.1. The van der Waals surface area contributed by atoms with Crippen LogP contribution in [0.25, 0.3) is 0 Å². The number of carbonyl (C=O) groups is 2. The Labute approximate surface area is 115 Å². The quantitative estimate of drug-likeness (QED) is 0.503. The molecule has 0 saturated carbocycles. The predicted octanol–water partition coefficient (Wildman–Crippen LogP) is 1.57. The minimum absolute atomic E-state index is 0.322. The lowest BCUT2D eigenvalue weighted by Gasteiger charge is -1.99. The average molecular weight is 271 g/mol. The molecule has 2 rings (SSSR count). The number of hydrogen-bond acceptors (Lipinski definition) is 4. The number of hydrogen-bond donors (Lipinski definition) is 2. The standard InChI is InChI=1S/C14H13N3O3/c1-20-14(19)11-6-4-10(5-7-11)9-16-17-13(18)12-3-2-8-15-12/h2-9,15H,1H3,(H,17,18)/b16-9-. The molecule has 0 aliphatic rings. The molecule has 1 heterocycles. The van der Waals surface area contributed by atoms with Crippen molar-refractivity contribution in [2.24, 2.45) is 5.10 Å². The molecule has 6 heteroatoms. The van der Waals surface area contributed by atoms with Crippen LogP contribution in [0.1, 0.15) is 26.4 Å². The summed E-state index contributed by atoms with van der Waals surface area (Å²) in [5, 5.41) is 3.83. The van der Waals surface area contributed by atoms with Crippen LogP contribution in [0.4, 0.5) is 0 Å². The van der Waals surface area contributed by atoms with Gasteiger partial charge in [0.15, 0.2) is 0 Å². The summed E-state index contributed by atoms with van der Waals surface area (Å²) in [5.41, 5.74) is 4.04. The van der Waals surface area contributed by atoms with E-state index in [0.29, 0.717) is 11.3 Å². The van der Waals surface area contributed by atoms with E-state index in [1.54, 1.807) is 42.6 Å². The highest BCUT2D eigenvalue weighted by molar-refractivity contribution is 5.93. The maximum Gasteiger partial charge on any atom is 0.337 e. The summed E-state index contributed by atoms with van der Waals surface area (Å²) in [6, 6.07) is 10.0. The number of aromatic nitrogens is 1. The van der Waals surface area contributed by atoms with Crippen molar-refractivity contribution in [2.75, 3.05) is 7.11 Å². The largest absolute Gasteiger partial charge is 0.465 e. The number of ether oxygens (including phenoxy) is 1. The molecule has 0 bridgehead atoms. The third-order valence-corrected chi connectivity index (χ3v) is 2.55. The van der Waals surface area contributed by atoms with Crippen molar-refractivity contribution in [1.82, 2.24) is 10.4 Å². The van der Waals surface area contributed by atoms with Crippen LogP contribution in [0.5, 0.6) is 0 Å². The van der Waals surface area contributed by atoms with Gasteiger partial charge in [-0.1, -0.05) is 12.1 Å². The first kappa shape index (κ1) is 13.5. The average Bonchev–Trinajstić information content (AvgIpc) is 3.01. The van der Waals surface area contributed by atoms with Gasteiger partial charge in [-0.3, -0.25) is 4.79 Å². The van der Waals surface area contributed by atoms with Crippen LogP contribution >= 0.6 is 0 Å². The second-order valence-corrected chi connectivity index (χ2v) is 3.90. The van der Waals surface area contributed by atoms with Gasteiger partial charge in [0.25, 0.3) is 5.91 Å². The molecule has 1 aromatic carbocycles. The number of esters is 1. The van der Waals surface area contributed by atoms with Gasteiger partial charge in [0, 0.05) is 6.20 Å². The highest BCUT2D eigenvalue weighted by atomic mass is 16.5. The topological polar surface area (TPSA) is 83.5 Å². The number of amides is 1. The summed E-state index contributed by atoms with van der Waals surface area (Å²) in [6.45, 7) is 0. The normalized spacial score (nSPS) is 10.4. The maximum atomic E-state index is 11.6. The van der Waals surface area contributed by atoms with Crippen LogP contribution in [0.2, 0.25) is 0 Å². The van der Waals surface area contributed by atoms with Gasteiger partial charge >= 0.3 is 5.97 Å². The number of aromatic amines is 1. The van der Waals surface area contributed by atoms with Crippen LogP contribution < -0.4 is 5.43 Å². The van der Waals surface area contributed by atoms with Gasteiger partial charge in [-0.2, -0.15) is 5.10 Å². The zero-order valence-electron chi connectivity index (χ0n) is 10.8. The molecule has 2 N–H and O–H groups in total. The Bertz CT molecular complexity index is 616. The van der Waals surface area contributed by atoms with Gasteiger partial charge < -0.3 is 9.72 Å². The first-order valence-electron chi connectivity index (χ1n) is 5.86. The predicted molar refractivity (Wildman–Crippen MR) is 73.6 cm³/mol. The zero-order valence-corrected chi connectivity index (χ0v) is 10.8. The Morgan fingerprint density at radius 1 is 1.25 bits per heavy atom. The molecular formula is C14H13N3O3. The summed E-state index contributed by atoms with van der Waals surface area (Å²) in [6.07, 6.45) is 3.14. The van der Waals surface area contributed by atoms with Crippen molar-refractivity contribution < 1.29 is 14.3 Å². The van der Waals surface area contributed by atoms with E-state index < -0.39 is 5.97 Å². The van der Waals surface area contributed by atoms with Crippen LogP contribution in [0.15, 0.2) is 47.7 Å². The van der Waals surface area contributed by atoms with Gasteiger partial charge in [-0.15, -0.1) is 0 Å². The molecule has 0 spiro atoms. The Kier molecular flexibility index (Phi) is 4.28. The fourth-order valence-corrected chi connectivity index (χ4v) is 1.52. The maximum absolute atomic E-state index is 11.6. The summed E-state index contributed by atoms with van der Waals surface area (Å²) in [4.78, 5) is 25.6. The van der Waals surface area contributed by atoms with E-state index in [-0.39, 0.29) is 5.91 Å². The number of benzene rings is 1. The van der Waals surface area contributed by atoms with Crippen molar-refractivity contribution in [1.29, 1.82) is 0 Å². The van der Waals surface area contributed by atoms with E-state index in [9.17, 15) is 9.59 Å². The van der Waals surface area contributed by atoms with Gasteiger partial charge in [-0.05, 0) is 29.8 Å². The SMILES string of the molecule is COC(=O)c1ccc(/C=N\NC(=O)c2ccc[nH]2)cc1. The van der Waals surface area contributed by atoms with E-state index in [0.717, 1.165) is 5.56 Å². The molecule has 0 radical (unpaired) electrons. The van der Waals surface area contributed by atoms with E-state index in [1.807, 2.05) is 0 Å². The minimum atomic E-state index is -0.395. The second-order valence-electron chi connectivity index (χ2n) is 3.90. The van der Waals surface area contributed by atoms with Crippen molar-refractivity contribution in [3.63, 3.8) is 0 Å². The van der Waals surface area contributed by atoms with Crippen LogP contribution in [0.3, 0.4) is 0 Å². The summed E-state index contributed by atoms with van der Waals surface area (Å²) < 4.78 is 4.60. The van der Waals surface area contributed by atoms with Crippen LogP contribution in [0, 0.1) is 0 Å². The van der Waals surface area contributed by atoms with Crippen molar-refractivity contribution in [2.45, 2.75) is 0 Å². The third kappa shape index (κ3) is 3.32. The van der Waals surface area contributed by atoms with Crippen LogP contribution in [-0.4, -0.2) is 30.2 Å². The number of nitrogens with zero attached hydrogens (tertiary/aromatic N) is 1. The minimum Gasteiger partial charge on any atom is -0.465 e. The zero-order chi connectivity index (χ0) is 14.4. The Morgan fingerprint density at radius 2 is 2.00 bits per heavy atom. The number of carbonyl (C=O) groups excluding carboxylic acids is 2.